The molecule has 2 aromatic carbocycles. The minimum Gasteiger partial charge on any atom is -0.507 e. The highest BCUT2D eigenvalue weighted by molar-refractivity contribution is 5.92. The fourth-order valence-corrected chi connectivity index (χ4v) is 2.55. The third-order valence-corrected chi connectivity index (χ3v) is 3.57. The summed E-state index contributed by atoms with van der Waals surface area (Å²) in [5.74, 6) is 0.370. The third kappa shape index (κ3) is 1.74. The van der Waals surface area contributed by atoms with Crippen molar-refractivity contribution in [3.63, 3.8) is 0 Å². The predicted octanol–water partition coefficient (Wildman–Crippen LogP) is 3.68. The van der Waals surface area contributed by atoms with Crippen LogP contribution in [0.2, 0.25) is 0 Å². The van der Waals surface area contributed by atoms with Crippen molar-refractivity contribution in [1.82, 2.24) is 0 Å². The maximum Gasteiger partial charge on any atom is 0.123 e. The Morgan fingerprint density at radius 1 is 1.24 bits per heavy atom. The first-order valence-corrected chi connectivity index (χ1v) is 6.08. The Bertz CT molecular complexity index is 587. The minimum absolute atomic E-state index is 0.164. The predicted molar refractivity (Wildman–Crippen MR) is 71.6 cm³/mol. The summed E-state index contributed by atoms with van der Waals surface area (Å²) in [6.07, 6.45) is 2.19. The van der Waals surface area contributed by atoms with Crippen LogP contribution in [0.1, 0.15) is 25.8 Å². The molecule has 0 aliphatic carbocycles. The number of anilines is 1. The summed E-state index contributed by atoms with van der Waals surface area (Å²) in [6, 6.07) is 9.93. The first kappa shape index (κ1) is 10.5. The summed E-state index contributed by atoms with van der Waals surface area (Å²) < 4.78 is 0. The van der Waals surface area contributed by atoms with Crippen molar-refractivity contribution < 1.29 is 5.11 Å². The highest BCUT2D eigenvalue weighted by atomic mass is 16.3. The Balaban J connectivity index is 2.21. The number of hydrogen-bond acceptors (Lipinski definition) is 2. The zero-order valence-corrected chi connectivity index (χ0v) is 10.2. The van der Waals surface area contributed by atoms with E-state index < -0.39 is 0 Å². The number of nitrogens with one attached hydrogen (secondary N) is 1. The van der Waals surface area contributed by atoms with E-state index in [0.29, 0.717) is 5.75 Å². The molecule has 0 aromatic heterocycles. The molecule has 1 aliphatic rings. The average molecular weight is 227 g/mol. The Hall–Kier alpha value is -1.70. The molecule has 0 fully saturated rings. The molecule has 1 heterocycles. The number of hydrogen-bond donors (Lipinski definition) is 2. The van der Waals surface area contributed by atoms with Gasteiger partial charge in [0, 0.05) is 16.6 Å². The molecule has 17 heavy (non-hydrogen) atoms. The number of phenolic OH excluding ortho intramolecular Hbond substituents is 1. The van der Waals surface area contributed by atoms with Gasteiger partial charge >= 0.3 is 0 Å². The molecule has 0 unspecified atom stereocenters. The number of fused-ring (bicyclic) bond motifs is 2. The van der Waals surface area contributed by atoms with Crippen LogP contribution in [0.3, 0.4) is 0 Å². The van der Waals surface area contributed by atoms with Crippen LogP contribution in [0.25, 0.3) is 10.8 Å². The number of benzene rings is 2. The summed E-state index contributed by atoms with van der Waals surface area (Å²) in [5.41, 5.74) is 2.68. The zero-order valence-electron chi connectivity index (χ0n) is 10.2. The number of rotatable bonds is 0. The summed E-state index contributed by atoms with van der Waals surface area (Å²) in [5, 5.41) is 15.5. The Morgan fingerprint density at radius 2 is 2.06 bits per heavy atom. The normalized spacial score (nSPS) is 17.5. The molecule has 2 aromatic rings. The van der Waals surface area contributed by atoms with Gasteiger partial charge in [-0.25, -0.2) is 0 Å². The van der Waals surface area contributed by atoms with Crippen LogP contribution in [0.4, 0.5) is 5.69 Å². The lowest BCUT2D eigenvalue weighted by molar-refractivity contribution is 0.481. The van der Waals surface area contributed by atoms with Crippen molar-refractivity contribution in [3.8, 4) is 5.75 Å². The molecule has 2 N–H and O–H groups in total. The van der Waals surface area contributed by atoms with Crippen molar-refractivity contribution in [2.24, 2.45) is 0 Å². The van der Waals surface area contributed by atoms with Crippen molar-refractivity contribution in [2.45, 2.75) is 32.2 Å². The van der Waals surface area contributed by atoms with E-state index in [1.165, 1.54) is 11.3 Å². The molecule has 0 radical (unpaired) electrons. The van der Waals surface area contributed by atoms with E-state index in [4.69, 9.17) is 0 Å². The Kier molecular flexibility index (Phi) is 2.09. The molecule has 0 saturated carbocycles. The minimum atomic E-state index is 0.164. The monoisotopic (exact) mass is 227 g/mol. The quantitative estimate of drug-likeness (QED) is 0.719. The third-order valence-electron chi connectivity index (χ3n) is 3.57. The molecule has 0 saturated heterocycles. The molecule has 0 bridgehead atoms. The van der Waals surface area contributed by atoms with Crippen LogP contribution >= 0.6 is 0 Å². The molecule has 3 rings (SSSR count). The van der Waals surface area contributed by atoms with Crippen LogP contribution in [0.5, 0.6) is 5.75 Å². The van der Waals surface area contributed by atoms with Crippen LogP contribution in [0.15, 0.2) is 30.3 Å². The second-order valence-electron chi connectivity index (χ2n) is 5.52. The van der Waals surface area contributed by atoms with E-state index in [9.17, 15) is 5.11 Å². The summed E-state index contributed by atoms with van der Waals surface area (Å²) in [6.45, 7) is 4.45. The van der Waals surface area contributed by atoms with Gasteiger partial charge in [0.25, 0.3) is 0 Å². The van der Waals surface area contributed by atoms with Gasteiger partial charge in [-0.15, -0.1) is 0 Å². The van der Waals surface area contributed by atoms with Crippen LogP contribution in [0, 0.1) is 0 Å². The SMILES string of the molecule is CC1(C)CCc2cc3c(O)cccc3cc2N1. The van der Waals surface area contributed by atoms with Gasteiger partial charge in [-0.1, -0.05) is 12.1 Å². The van der Waals surface area contributed by atoms with Gasteiger partial charge in [-0.05, 0) is 55.8 Å². The molecule has 0 atom stereocenters. The Morgan fingerprint density at radius 3 is 2.88 bits per heavy atom. The number of phenols is 1. The van der Waals surface area contributed by atoms with Crippen LogP contribution in [-0.2, 0) is 6.42 Å². The molecule has 2 nitrogen and oxygen atoms in total. The van der Waals surface area contributed by atoms with E-state index in [1.54, 1.807) is 6.07 Å². The average Bonchev–Trinajstić information content (AvgIpc) is 2.26. The molecule has 0 amide bonds. The lowest BCUT2D eigenvalue weighted by atomic mass is 9.88. The summed E-state index contributed by atoms with van der Waals surface area (Å²) >= 11 is 0. The number of aromatic hydroxyl groups is 1. The van der Waals surface area contributed by atoms with Gasteiger partial charge in [-0.3, -0.25) is 0 Å². The standard InChI is InChI=1S/C15H17NO/c1-15(2)7-6-11-8-12-10(9-13(11)16-15)4-3-5-14(12)17/h3-5,8-9,16-17H,6-7H2,1-2H3. The van der Waals surface area contributed by atoms with Gasteiger partial charge in [0.15, 0.2) is 0 Å². The second kappa shape index (κ2) is 3.39. The molecule has 0 spiro atoms. The van der Waals surface area contributed by atoms with Gasteiger partial charge in [-0.2, -0.15) is 0 Å². The second-order valence-corrected chi connectivity index (χ2v) is 5.52. The lowest BCUT2D eigenvalue weighted by Crippen LogP contribution is -2.35. The molecule has 2 heteroatoms. The van der Waals surface area contributed by atoms with Crippen molar-refractivity contribution in [2.75, 3.05) is 5.32 Å². The fraction of sp³-hybridized carbons (Fsp3) is 0.333. The van der Waals surface area contributed by atoms with Gasteiger partial charge in [0.1, 0.15) is 5.75 Å². The van der Waals surface area contributed by atoms with E-state index in [-0.39, 0.29) is 5.54 Å². The van der Waals surface area contributed by atoms with E-state index >= 15 is 0 Å². The molecular weight excluding hydrogens is 210 g/mol. The van der Waals surface area contributed by atoms with Gasteiger partial charge in [0.05, 0.1) is 0 Å². The summed E-state index contributed by atoms with van der Waals surface area (Å²) in [7, 11) is 0. The van der Waals surface area contributed by atoms with Crippen molar-refractivity contribution in [3.05, 3.63) is 35.9 Å². The van der Waals surface area contributed by atoms with Crippen LogP contribution in [-0.4, -0.2) is 10.6 Å². The summed E-state index contributed by atoms with van der Waals surface area (Å²) in [4.78, 5) is 0. The maximum absolute atomic E-state index is 9.86. The van der Waals surface area contributed by atoms with E-state index in [1.807, 2.05) is 12.1 Å². The fourth-order valence-electron chi connectivity index (χ4n) is 2.55. The van der Waals surface area contributed by atoms with E-state index in [0.717, 1.165) is 23.6 Å². The first-order chi connectivity index (χ1) is 8.05. The lowest BCUT2D eigenvalue weighted by Gasteiger charge is -2.34. The highest BCUT2D eigenvalue weighted by Gasteiger charge is 2.24. The van der Waals surface area contributed by atoms with Gasteiger partial charge in [0.2, 0.25) is 0 Å². The molecular formula is C15H17NO. The topological polar surface area (TPSA) is 32.3 Å². The van der Waals surface area contributed by atoms with Crippen molar-refractivity contribution in [1.29, 1.82) is 0 Å². The highest BCUT2D eigenvalue weighted by Crippen LogP contribution is 2.35. The Labute approximate surface area is 101 Å². The van der Waals surface area contributed by atoms with Gasteiger partial charge < -0.3 is 10.4 Å². The van der Waals surface area contributed by atoms with Crippen molar-refractivity contribution >= 4 is 16.5 Å². The molecule has 88 valence electrons. The maximum atomic E-state index is 9.86. The largest absolute Gasteiger partial charge is 0.507 e. The number of aryl methyl sites for hydroxylation is 1. The zero-order chi connectivity index (χ0) is 12.0. The first-order valence-electron chi connectivity index (χ1n) is 6.08. The smallest absolute Gasteiger partial charge is 0.123 e. The van der Waals surface area contributed by atoms with E-state index in [2.05, 4.69) is 31.3 Å². The van der Waals surface area contributed by atoms with Crippen LogP contribution < -0.4 is 5.32 Å². The molecule has 1 aliphatic heterocycles.